The van der Waals surface area contributed by atoms with Gasteiger partial charge in [0.15, 0.2) is 17.9 Å². The minimum atomic E-state index is -1.35. The quantitative estimate of drug-likeness (QED) is 0.301. The number of nitrogens with one attached hydrogen (secondary N) is 1. The van der Waals surface area contributed by atoms with Gasteiger partial charge in [-0.15, -0.1) is 0 Å². The Bertz CT molecular complexity index is 1470. The Labute approximate surface area is 197 Å². The van der Waals surface area contributed by atoms with E-state index in [1.807, 2.05) is 0 Å². The number of nitrogens with zero attached hydrogens (tertiary/aromatic N) is 5. The number of aliphatic hydroxyl groups is 1. The summed E-state index contributed by atoms with van der Waals surface area (Å²) >= 11 is 0. The summed E-state index contributed by atoms with van der Waals surface area (Å²) in [6.45, 7) is 0.138. The van der Waals surface area contributed by atoms with Crippen molar-refractivity contribution in [3.63, 3.8) is 0 Å². The number of benzene rings is 2. The van der Waals surface area contributed by atoms with Gasteiger partial charge < -0.3 is 20.7 Å². The van der Waals surface area contributed by atoms with E-state index in [4.69, 9.17) is 10.3 Å². The summed E-state index contributed by atoms with van der Waals surface area (Å²) in [5.41, 5.74) is 8.22. The minimum Gasteiger partial charge on any atom is -0.382 e. The number of nitrogens with two attached hydrogens (primary N) is 1. The van der Waals surface area contributed by atoms with Gasteiger partial charge in [-0.25, -0.2) is 18.7 Å². The largest absolute Gasteiger partial charge is 0.382 e. The van der Waals surface area contributed by atoms with E-state index in [2.05, 4.69) is 25.5 Å². The summed E-state index contributed by atoms with van der Waals surface area (Å²) in [5.74, 6) is -0.702. The Balaban J connectivity index is 1.45. The van der Waals surface area contributed by atoms with Gasteiger partial charge in [-0.3, -0.25) is 4.68 Å². The van der Waals surface area contributed by atoms with Crippen LogP contribution >= 0.6 is 0 Å². The summed E-state index contributed by atoms with van der Waals surface area (Å²) in [4.78, 5) is 8.57. The van der Waals surface area contributed by atoms with Gasteiger partial charge in [0, 0.05) is 17.2 Å². The van der Waals surface area contributed by atoms with Gasteiger partial charge >= 0.3 is 0 Å². The molecule has 0 bridgehead atoms. The Kier molecular flexibility index (Phi) is 5.90. The third kappa shape index (κ3) is 4.57. The van der Waals surface area contributed by atoms with Gasteiger partial charge in [0.1, 0.15) is 29.3 Å². The first kappa shape index (κ1) is 22.2. The molecule has 5 aromatic rings. The fourth-order valence-electron chi connectivity index (χ4n) is 3.54. The molecule has 0 spiro atoms. The van der Waals surface area contributed by atoms with Crippen LogP contribution in [0.1, 0.15) is 17.4 Å². The van der Waals surface area contributed by atoms with Crippen molar-refractivity contribution in [1.29, 1.82) is 0 Å². The first-order valence-corrected chi connectivity index (χ1v) is 10.5. The molecule has 176 valence electrons. The topological polar surface area (TPSA) is 128 Å². The lowest BCUT2D eigenvalue weighted by Gasteiger charge is -2.16. The van der Waals surface area contributed by atoms with E-state index in [9.17, 15) is 13.9 Å². The van der Waals surface area contributed by atoms with Crippen molar-refractivity contribution >= 4 is 11.5 Å². The van der Waals surface area contributed by atoms with Gasteiger partial charge in [-0.2, -0.15) is 5.10 Å². The molecule has 5 rings (SSSR count). The van der Waals surface area contributed by atoms with E-state index in [0.717, 1.165) is 0 Å². The van der Waals surface area contributed by atoms with Crippen LogP contribution in [0.4, 0.5) is 20.3 Å². The highest BCUT2D eigenvalue weighted by Crippen LogP contribution is 2.28. The van der Waals surface area contributed by atoms with Crippen molar-refractivity contribution in [2.75, 3.05) is 11.1 Å². The van der Waals surface area contributed by atoms with Gasteiger partial charge in [-0.05, 0) is 18.2 Å². The maximum Gasteiger partial charge on any atom is 0.182 e. The van der Waals surface area contributed by atoms with Crippen LogP contribution in [0.3, 0.4) is 0 Å². The molecule has 0 aliphatic heterocycles. The molecule has 3 aromatic heterocycles. The first-order chi connectivity index (χ1) is 17.0. The Morgan fingerprint density at radius 1 is 1.03 bits per heavy atom. The molecule has 0 saturated heterocycles. The summed E-state index contributed by atoms with van der Waals surface area (Å²) < 4.78 is 34.7. The SMILES string of the molecule is Nc1nc(-c2cc(-c3ccon3)n(Cc3ccccc3F)n2)ncc1NC(O)c1ccccc1F. The Hall–Kier alpha value is -4.64. The van der Waals surface area contributed by atoms with Gasteiger partial charge in [0.05, 0.1) is 24.1 Å². The molecular formula is C24H19F2N7O2. The summed E-state index contributed by atoms with van der Waals surface area (Å²) in [6.07, 6.45) is 1.44. The molecule has 3 heterocycles. The van der Waals surface area contributed by atoms with Crippen molar-refractivity contribution in [3.8, 4) is 22.9 Å². The molecule has 4 N–H and O–H groups in total. The molecule has 0 saturated carbocycles. The number of anilines is 2. The molecule has 0 aliphatic rings. The molecule has 9 nitrogen and oxygen atoms in total. The molecule has 0 fully saturated rings. The second kappa shape index (κ2) is 9.31. The minimum absolute atomic E-state index is 0.0250. The highest BCUT2D eigenvalue weighted by atomic mass is 19.1. The van der Waals surface area contributed by atoms with E-state index in [-0.39, 0.29) is 35.3 Å². The number of halogens is 2. The summed E-state index contributed by atoms with van der Waals surface area (Å²) in [6, 6.07) is 15.6. The average molecular weight is 475 g/mol. The van der Waals surface area contributed by atoms with Crippen LogP contribution in [0.2, 0.25) is 0 Å². The normalized spacial score (nSPS) is 12.0. The van der Waals surface area contributed by atoms with E-state index in [0.29, 0.717) is 22.6 Å². The molecule has 0 aliphatic carbocycles. The lowest BCUT2D eigenvalue weighted by molar-refractivity contribution is 0.203. The van der Waals surface area contributed by atoms with Crippen LogP contribution in [0.15, 0.2) is 77.6 Å². The van der Waals surface area contributed by atoms with Crippen LogP contribution in [-0.4, -0.2) is 30.0 Å². The zero-order valence-electron chi connectivity index (χ0n) is 18.1. The zero-order valence-corrected chi connectivity index (χ0v) is 18.1. The maximum atomic E-state index is 14.3. The van der Waals surface area contributed by atoms with Crippen molar-refractivity contribution in [1.82, 2.24) is 24.9 Å². The second-order valence-corrected chi connectivity index (χ2v) is 7.61. The molecule has 11 heteroatoms. The van der Waals surface area contributed by atoms with E-state index in [1.54, 1.807) is 41.1 Å². The Morgan fingerprint density at radius 3 is 2.51 bits per heavy atom. The van der Waals surface area contributed by atoms with Crippen LogP contribution in [0.25, 0.3) is 22.9 Å². The fourth-order valence-corrected chi connectivity index (χ4v) is 3.54. The lowest BCUT2D eigenvalue weighted by atomic mass is 10.2. The number of hydrogen-bond donors (Lipinski definition) is 3. The van der Waals surface area contributed by atoms with Gasteiger partial charge in [0.25, 0.3) is 0 Å². The van der Waals surface area contributed by atoms with Crippen LogP contribution in [0.5, 0.6) is 0 Å². The number of aromatic nitrogens is 5. The number of rotatable bonds is 7. The second-order valence-electron chi connectivity index (χ2n) is 7.61. The molecular weight excluding hydrogens is 456 g/mol. The maximum absolute atomic E-state index is 14.3. The third-order valence-corrected chi connectivity index (χ3v) is 5.30. The predicted octanol–water partition coefficient (Wildman–Crippen LogP) is 4.01. The smallest absolute Gasteiger partial charge is 0.182 e. The van der Waals surface area contributed by atoms with Crippen molar-refractivity contribution in [2.45, 2.75) is 12.8 Å². The number of aliphatic hydroxyl groups excluding tert-OH is 1. The number of nitrogen functional groups attached to an aromatic ring is 1. The van der Waals surface area contributed by atoms with Crippen LogP contribution in [0, 0.1) is 11.6 Å². The fraction of sp³-hybridized carbons (Fsp3) is 0.0833. The van der Waals surface area contributed by atoms with E-state index >= 15 is 0 Å². The predicted molar refractivity (Wildman–Crippen MR) is 124 cm³/mol. The zero-order chi connectivity index (χ0) is 24.4. The Morgan fingerprint density at radius 2 is 1.80 bits per heavy atom. The van der Waals surface area contributed by atoms with Crippen LogP contribution in [-0.2, 0) is 6.54 Å². The molecule has 35 heavy (non-hydrogen) atoms. The van der Waals surface area contributed by atoms with Crippen molar-refractivity contribution in [3.05, 3.63) is 95.9 Å². The standard InChI is InChI=1S/C24H19F2N7O2/c25-16-7-3-1-5-14(16)13-33-21(18-9-10-35-32-18)11-19(31-33)23-28-12-20(22(27)30-23)29-24(34)15-6-2-4-8-17(15)26/h1-12,24,29,34H,13H2,(H2,27,28,30). The van der Waals surface area contributed by atoms with Crippen LogP contribution < -0.4 is 11.1 Å². The van der Waals surface area contributed by atoms with E-state index < -0.39 is 12.0 Å². The first-order valence-electron chi connectivity index (χ1n) is 10.5. The lowest BCUT2D eigenvalue weighted by Crippen LogP contribution is -2.14. The third-order valence-electron chi connectivity index (χ3n) is 5.30. The molecule has 1 atom stereocenters. The number of hydrogen-bond acceptors (Lipinski definition) is 8. The monoisotopic (exact) mass is 475 g/mol. The molecule has 1 unspecified atom stereocenters. The highest BCUT2D eigenvalue weighted by Gasteiger charge is 2.19. The molecule has 0 amide bonds. The highest BCUT2D eigenvalue weighted by molar-refractivity contribution is 5.67. The van der Waals surface area contributed by atoms with Gasteiger partial charge in [0.2, 0.25) is 0 Å². The molecule has 2 aromatic carbocycles. The summed E-state index contributed by atoms with van der Waals surface area (Å²) in [5, 5.41) is 21.5. The van der Waals surface area contributed by atoms with Gasteiger partial charge in [-0.1, -0.05) is 41.6 Å². The van der Waals surface area contributed by atoms with Crippen molar-refractivity contribution in [2.24, 2.45) is 0 Å². The molecule has 0 radical (unpaired) electrons. The average Bonchev–Trinajstić information content (AvgIpc) is 3.52. The summed E-state index contributed by atoms with van der Waals surface area (Å²) in [7, 11) is 0. The van der Waals surface area contributed by atoms with Crippen molar-refractivity contribution < 1.29 is 18.4 Å². The van der Waals surface area contributed by atoms with E-state index in [1.165, 1.54) is 36.7 Å².